The quantitative estimate of drug-likeness (QED) is 0.276. The van der Waals surface area contributed by atoms with Crippen LogP contribution in [0.25, 0.3) is 21.8 Å². The number of benzene rings is 3. The number of rotatable bonds is 5. The lowest BCUT2D eigenvalue weighted by molar-refractivity contribution is -0.274. The molecule has 7 nitrogen and oxygen atoms in total. The molecule has 196 valence electrons. The predicted octanol–water partition coefficient (Wildman–Crippen LogP) is 5.91. The first-order valence-electron chi connectivity index (χ1n) is 11.0. The van der Waals surface area contributed by atoms with E-state index in [0.29, 0.717) is 10.0 Å². The fourth-order valence-corrected chi connectivity index (χ4v) is 6.21. The first kappa shape index (κ1) is 26.1. The highest BCUT2D eigenvalue weighted by Gasteiger charge is 2.37. The van der Waals surface area contributed by atoms with E-state index in [-0.39, 0.29) is 18.1 Å². The Kier molecular flexibility index (Phi) is 6.80. The molecule has 13 heteroatoms. The summed E-state index contributed by atoms with van der Waals surface area (Å²) in [5.41, 5.74) is 1.56. The Labute approximate surface area is 219 Å². The highest BCUT2D eigenvalue weighted by molar-refractivity contribution is 7.90. The minimum absolute atomic E-state index is 0.0302. The number of aromatic nitrogens is 1. The molecule has 0 spiro atoms. The fourth-order valence-electron chi connectivity index (χ4n) is 4.58. The third kappa shape index (κ3) is 5.25. The zero-order chi connectivity index (χ0) is 26.5. The van der Waals surface area contributed by atoms with Crippen LogP contribution in [0.3, 0.4) is 0 Å². The van der Waals surface area contributed by atoms with Crippen molar-refractivity contribution in [2.24, 2.45) is 0 Å². The van der Waals surface area contributed by atoms with Crippen LogP contribution in [-0.2, 0) is 14.7 Å². The van der Waals surface area contributed by atoms with Gasteiger partial charge in [0.2, 0.25) is 0 Å². The van der Waals surface area contributed by atoms with Gasteiger partial charge in [-0.05, 0) is 60.7 Å². The van der Waals surface area contributed by atoms with E-state index < -0.39 is 40.2 Å². The summed E-state index contributed by atoms with van der Waals surface area (Å²) in [6, 6.07) is 13.4. The van der Waals surface area contributed by atoms with E-state index >= 15 is 0 Å². The summed E-state index contributed by atoms with van der Waals surface area (Å²) in [5.74, 6) is -0.501. The van der Waals surface area contributed by atoms with E-state index in [1.165, 1.54) is 0 Å². The molecule has 0 bridgehead atoms. The molecule has 0 aliphatic carbocycles. The second-order valence-electron chi connectivity index (χ2n) is 8.59. The van der Waals surface area contributed by atoms with Crippen molar-refractivity contribution >= 4 is 54.9 Å². The van der Waals surface area contributed by atoms with Crippen LogP contribution in [0, 0.1) is 4.78 Å². The highest BCUT2D eigenvalue weighted by atomic mass is 35.5. The summed E-state index contributed by atoms with van der Waals surface area (Å²) in [5, 5.41) is 14.1. The molecule has 5 rings (SSSR count). The van der Waals surface area contributed by atoms with Gasteiger partial charge in [0.05, 0.1) is 36.3 Å². The van der Waals surface area contributed by atoms with Crippen molar-refractivity contribution in [2.45, 2.75) is 29.4 Å². The van der Waals surface area contributed by atoms with E-state index in [0.717, 1.165) is 46.1 Å². The van der Waals surface area contributed by atoms with Crippen molar-refractivity contribution in [3.05, 3.63) is 70.7 Å². The molecule has 1 aromatic heterocycles. The zero-order valence-electron chi connectivity index (χ0n) is 18.8. The fraction of sp³-hybridized carbons (Fsp3) is 0.250. The van der Waals surface area contributed by atoms with E-state index in [1.807, 2.05) is 16.7 Å². The number of nitrogens with zero attached hydrogens (tertiary/aromatic N) is 1. The second kappa shape index (κ2) is 9.64. The average Bonchev–Trinajstić information content (AvgIpc) is 3.12. The lowest BCUT2D eigenvalue weighted by Gasteiger charge is -2.37. The molecule has 0 radical (unpaired) electrons. The van der Waals surface area contributed by atoms with Crippen LogP contribution in [0.2, 0.25) is 10.0 Å². The lowest BCUT2D eigenvalue weighted by Crippen LogP contribution is -2.53. The van der Waals surface area contributed by atoms with Gasteiger partial charge in [-0.3, -0.25) is 0 Å². The minimum atomic E-state index is -4.87. The molecule has 4 atom stereocenters. The van der Waals surface area contributed by atoms with Crippen LogP contribution in [0.15, 0.2) is 65.6 Å². The van der Waals surface area contributed by atoms with Gasteiger partial charge in [0.25, 0.3) is 0 Å². The summed E-state index contributed by atoms with van der Waals surface area (Å²) in [7, 11) is -3.71. The van der Waals surface area contributed by atoms with Crippen LogP contribution in [-0.4, -0.2) is 45.6 Å². The molecule has 0 saturated carbocycles. The molecule has 1 fully saturated rings. The third-order valence-corrected chi connectivity index (χ3v) is 8.20. The van der Waals surface area contributed by atoms with Gasteiger partial charge in [-0.25, -0.2) is 13.7 Å². The maximum absolute atomic E-state index is 13.2. The maximum atomic E-state index is 13.2. The molecule has 4 aromatic rings. The number of alkyl halides is 3. The van der Waals surface area contributed by atoms with Crippen LogP contribution in [0.4, 0.5) is 13.2 Å². The van der Waals surface area contributed by atoms with Gasteiger partial charge in [0.1, 0.15) is 15.7 Å². The Morgan fingerprint density at radius 3 is 2.11 bits per heavy atom. The van der Waals surface area contributed by atoms with Crippen molar-refractivity contribution in [1.29, 1.82) is 4.78 Å². The number of fused-ring (bicyclic) bond motifs is 3. The van der Waals surface area contributed by atoms with Crippen LogP contribution in [0.5, 0.6) is 5.75 Å². The van der Waals surface area contributed by atoms with Gasteiger partial charge in [-0.15, -0.1) is 13.2 Å². The van der Waals surface area contributed by atoms with Crippen LogP contribution in [0.1, 0.15) is 6.04 Å². The average molecular weight is 574 g/mol. The first-order chi connectivity index (χ1) is 17.4. The molecule has 0 amide bonds. The number of hydrogen-bond acceptors (Lipinski definition) is 5. The summed E-state index contributed by atoms with van der Waals surface area (Å²) in [6.07, 6.45) is -6.00. The number of hydrogen-bond donors (Lipinski definition) is 3. The smallest absolute Gasteiger partial charge is 0.406 e. The van der Waals surface area contributed by atoms with Crippen molar-refractivity contribution in [3.63, 3.8) is 0 Å². The van der Waals surface area contributed by atoms with Crippen LogP contribution >= 0.6 is 23.2 Å². The summed E-state index contributed by atoms with van der Waals surface area (Å²) in [4.78, 5) is -0.0718. The van der Waals surface area contributed by atoms with Gasteiger partial charge in [0, 0.05) is 31.9 Å². The van der Waals surface area contributed by atoms with Gasteiger partial charge in [-0.1, -0.05) is 23.2 Å². The molecule has 1 aliphatic rings. The predicted molar refractivity (Wildman–Crippen MR) is 135 cm³/mol. The minimum Gasteiger partial charge on any atom is -0.406 e. The largest absolute Gasteiger partial charge is 0.573 e. The highest BCUT2D eigenvalue weighted by Crippen LogP contribution is 2.37. The van der Waals surface area contributed by atoms with Crippen LogP contribution < -0.4 is 9.46 Å². The van der Waals surface area contributed by atoms with Crippen molar-refractivity contribution < 1.29 is 32.0 Å². The van der Waals surface area contributed by atoms with Crippen molar-refractivity contribution in [1.82, 2.24) is 9.29 Å². The van der Waals surface area contributed by atoms with E-state index in [9.17, 15) is 22.5 Å². The molecule has 2 heterocycles. The Balaban J connectivity index is 1.45. The topological polar surface area (TPSA) is 96.6 Å². The first-order valence-corrected chi connectivity index (χ1v) is 13.3. The Morgan fingerprint density at radius 2 is 1.57 bits per heavy atom. The molecule has 37 heavy (non-hydrogen) atoms. The van der Waals surface area contributed by atoms with Gasteiger partial charge >= 0.3 is 6.36 Å². The maximum Gasteiger partial charge on any atom is 0.573 e. The molecule has 1 aliphatic heterocycles. The standard InChI is InChI=1S/C24H20Cl2F3N3O4S/c25-13-1-7-20-17(9-13)18-10-14(26)2-8-21(18)32(20)22-12-35-11-19(23(22)33)31-37(30,34)16-5-3-15(4-6-16)36-24(27,28)29/h1-10,19,22-23,33H,11-12H2,(H2,30,31,34)/t19-,22+,23-,37?/m1/s1. The van der Waals surface area contributed by atoms with Gasteiger partial charge in [-0.2, -0.15) is 0 Å². The van der Waals surface area contributed by atoms with Crippen molar-refractivity contribution in [2.75, 3.05) is 13.2 Å². The Morgan fingerprint density at radius 1 is 1.00 bits per heavy atom. The monoisotopic (exact) mass is 573 g/mol. The number of aliphatic hydroxyl groups excluding tert-OH is 1. The van der Waals surface area contributed by atoms with Gasteiger partial charge < -0.3 is 19.1 Å². The number of aliphatic hydroxyl groups is 1. The molecule has 3 N–H and O–H groups in total. The van der Waals surface area contributed by atoms with E-state index in [2.05, 4.69) is 9.46 Å². The number of halogens is 5. The lowest BCUT2D eigenvalue weighted by atomic mass is 10.0. The van der Waals surface area contributed by atoms with Gasteiger partial charge in [0.15, 0.2) is 0 Å². The normalized spacial score (nSPS) is 22.3. The van der Waals surface area contributed by atoms with Crippen molar-refractivity contribution in [3.8, 4) is 5.75 Å². The Bertz CT molecular complexity index is 1520. The SMILES string of the molecule is N=S(=O)(N[C@@H]1COC[C@H](n2c3ccc(Cl)cc3c3cc(Cl)ccc32)[C@@H]1O)c1ccc(OC(F)(F)F)cc1. The number of nitrogens with one attached hydrogen (secondary N) is 2. The molecule has 3 aromatic carbocycles. The molecule has 1 saturated heterocycles. The molecule has 1 unspecified atom stereocenters. The summed E-state index contributed by atoms with van der Waals surface area (Å²) >= 11 is 12.5. The summed E-state index contributed by atoms with van der Waals surface area (Å²) < 4.78 is 72.9. The molecular weight excluding hydrogens is 554 g/mol. The van der Waals surface area contributed by atoms with E-state index in [4.69, 9.17) is 32.7 Å². The zero-order valence-corrected chi connectivity index (χ0v) is 21.2. The third-order valence-electron chi connectivity index (χ3n) is 6.16. The second-order valence-corrected chi connectivity index (χ2v) is 11.3. The van der Waals surface area contributed by atoms with E-state index in [1.54, 1.807) is 24.3 Å². The Hall–Kier alpha value is -2.54. The molecular formula is C24H20Cl2F3N3O4S. The summed E-state index contributed by atoms with van der Waals surface area (Å²) in [6.45, 7) is 0.115. The number of ether oxygens (including phenoxy) is 2.